The maximum absolute atomic E-state index is 12.3. The second-order valence-corrected chi connectivity index (χ2v) is 4.96. The Morgan fingerprint density at radius 1 is 1.29 bits per heavy atom. The molecule has 3 rings (SSSR count). The molecule has 1 aromatic rings. The smallest absolute Gasteiger partial charge is 0.322 e. The third-order valence-electron chi connectivity index (χ3n) is 3.68. The molecule has 3 amide bonds. The van der Waals surface area contributed by atoms with Crippen molar-refractivity contribution in [3.05, 3.63) is 35.9 Å². The van der Waals surface area contributed by atoms with Gasteiger partial charge in [-0.05, 0) is 25.5 Å². The minimum Gasteiger partial charge on any atom is -0.322 e. The van der Waals surface area contributed by atoms with Crippen molar-refractivity contribution in [3.8, 4) is 0 Å². The Bertz CT molecular complexity index is 485. The van der Waals surface area contributed by atoms with Crippen LogP contribution in [-0.4, -0.2) is 40.4 Å². The first-order valence-corrected chi connectivity index (χ1v) is 5.80. The van der Waals surface area contributed by atoms with Gasteiger partial charge >= 0.3 is 6.03 Å². The van der Waals surface area contributed by atoms with Crippen molar-refractivity contribution in [1.82, 2.24) is 9.80 Å². The molecule has 1 aromatic carbocycles. The normalized spacial score (nSPS) is 26.8. The largest absolute Gasteiger partial charge is 0.327 e. The van der Waals surface area contributed by atoms with Crippen LogP contribution in [0, 0.1) is 0 Å². The van der Waals surface area contributed by atoms with Crippen LogP contribution in [-0.2, 0) is 0 Å². The van der Waals surface area contributed by atoms with Gasteiger partial charge in [0.25, 0.3) is 5.91 Å². The number of carbonyl (C=O) groups excluding carboxylic acids is 2. The van der Waals surface area contributed by atoms with E-state index in [1.807, 2.05) is 25.1 Å². The zero-order valence-electron chi connectivity index (χ0n) is 9.72. The Labute approximate surface area is 99.8 Å². The van der Waals surface area contributed by atoms with Crippen molar-refractivity contribution in [3.63, 3.8) is 0 Å². The third-order valence-corrected chi connectivity index (χ3v) is 3.68. The van der Waals surface area contributed by atoms with Gasteiger partial charge in [-0.2, -0.15) is 0 Å². The number of amides is 3. The Morgan fingerprint density at radius 2 is 2.00 bits per heavy atom. The van der Waals surface area contributed by atoms with E-state index in [1.54, 1.807) is 17.0 Å². The molecule has 0 N–H and O–H groups in total. The fourth-order valence-electron chi connectivity index (χ4n) is 2.71. The highest BCUT2D eigenvalue weighted by Gasteiger charge is 2.54. The number of fused-ring (bicyclic) bond motifs is 2. The van der Waals surface area contributed by atoms with Crippen LogP contribution in [0.15, 0.2) is 30.3 Å². The summed E-state index contributed by atoms with van der Waals surface area (Å²) in [4.78, 5) is 27.5. The van der Waals surface area contributed by atoms with Crippen LogP contribution in [0.25, 0.3) is 0 Å². The highest BCUT2D eigenvalue weighted by Crippen LogP contribution is 2.36. The molecule has 2 saturated heterocycles. The Morgan fingerprint density at radius 3 is 2.59 bits per heavy atom. The Kier molecular flexibility index (Phi) is 2.02. The summed E-state index contributed by atoms with van der Waals surface area (Å²) in [6, 6.07) is 8.84. The SMILES string of the molecule is C[C@]12CCN(C1)C(=O)N2C(=O)c1ccccc1. The van der Waals surface area contributed by atoms with Crippen LogP contribution in [0.1, 0.15) is 23.7 Å². The van der Waals surface area contributed by atoms with E-state index < -0.39 is 0 Å². The number of urea groups is 1. The molecular formula is C13H14N2O2. The summed E-state index contributed by atoms with van der Waals surface area (Å²) < 4.78 is 0. The van der Waals surface area contributed by atoms with Crippen LogP contribution in [0.2, 0.25) is 0 Å². The van der Waals surface area contributed by atoms with E-state index in [4.69, 9.17) is 0 Å². The summed E-state index contributed by atoms with van der Waals surface area (Å²) in [5.74, 6) is -0.180. The first-order chi connectivity index (χ1) is 8.12. The van der Waals surface area contributed by atoms with Crippen molar-refractivity contribution in [2.75, 3.05) is 13.1 Å². The van der Waals surface area contributed by atoms with Gasteiger partial charge in [-0.1, -0.05) is 18.2 Å². The highest BCUT2D eigenvalue weighted by molar-refractivity contribution is 6.06. The number of hydrogen-bond acceptors (Lipinski definition) is 2. The molecule has 2 aliphatic rings. The van der Waals surface area contributed by atoms with Gasteiger partial charge in [-0.25, -0.2) is 4.79 Å². The van der Waals surface area contributed by atoms with Gasteiger partial charge in [-0.3, -0.25) is 9.69 Å². The lowest BCUT2D eigenvalue weighted by Gasteiger charge is -2.32. The monoisotopic (exact) mass is 230 g/mol. The minimum atomic E-state index is -0.315. The lowest BCUT2D eigenvalue weighted by Crippen LogP contribution is -2.50. The van der Waals surface area contributed by atoms with Crippen molar-refractivity contribution >= 4 is 11.9 Å². The summed E-state index contributed by atoms with van der Waals surface area (Å²) >= 11 is 0. The van der Waals surface area contributed by atoms with Crippen LogP contribution >= 0.6 is 0 Å². The van der Waals surface area contributed by atoms with Crippen LogP contribution in [0.4, 0.5) is 4.79 Å². The van der Waals surface area contributed by atoms with E-state index in [9.17, 15) is 9.59 Å². The standard InChI is InChI=1S/C13H14N2O2/c1-13-7-8-14(9-13)12(17)15(13)11(16)10-5-3-2-4-6-10/h2-6H,7-9H2,1H3/t13-/m0/s1. The van der Waals surface area contributed by atoms with E-state index in [0.717, 1.165) is 13.0 Å². The van der Waals surface area contributed by atoms with Crippen molar-refractivity contribution in [1.29, 1.82) is 0 Å². The summed E-state index contributed by atoms with van der Waals surface area (Å²) in [7, 11) is 0. The van der Waals surface area contributed by atoms with Gasteiger partial charge in [0.05, 0.1) is 5.54 Å². The Hall–Kier alpha value is -1.84. The topological polar surface area (TPSA) is 40.6 Å². The van der Waals surface area contributed by atoms with E-state index in [2.05, 4.69) is 0 Å². The molecule has 2 fully saturated rings. The van der Waals surface area contributed by atoms with Crippen molar-refractivity contribution < 1.29 is 9.59 Å². The molecular weight excluding hydrogens is 216 g/mol. The first-order valence-electron chi connectivity index (χ1n) is 5.80. The second kappa shape index (κ2) is 3.32. The Balaban J connectivity index is 1.96. The molecule has 17 heavy (non-hydrogen) atoms. The van der Waals surface area contributed by atoms with E-state index in [0.29, 0.717) is 12.1 Å². The van der Waals surface area contributed by atoms with E-state index in [1.165, 1.54) is 4.90 Å². The van der Waals surface area contributed by atoms with E-state index in [-0.39, 0.29) is 17.5 Å². The van der Waals surface area contributed by atoms with Crippen LogP contribution in [0.3, 0.4) is 0 Å². The zero-order valence-corrected chi connectivity index (χ0v) is 9.72. The second-order valence-electron chi connectivity index (χ2n) is 4.96. The molecule has 0 saturated carbocycles. The number of benzene rings is 1. The molecule has 0 unspecified atom stereocenters. The number of rotatable bonds is 1. The van der Waals surface area contributed by atoms with Crippen LogP contribution in [0.5, 0.6) is 0 Å². The number of hydrogen-bond donors (Lipinski definition) is 0. The summed E-state index contributed by atoms with van der Waals surface area (Å²) in [5.41, 5.74) is 0.264. The average molecular weight is 230 g/mol. The van der Waals surface area contributed by atoms with Crippen molar-refractivity contribution in [2.45, 2.75) is 18.9 Å². The summed E-state index contributed by atoms with van der Waals surface area (Å²) in [5, 5.41) is 0. The minimum absolute atomic E-state index is 0.146. The third kappa shape index (κ3) is 1.37. The quantitative estimate of drug-likeness (QED) is 0.737. The van der Waals surface area contributed by atoms with Crippen molar-refractivity contribution in [2.24, 2.45) is 0 Å². The lowest BCUT2D eigenvalue weighted by atomic mass is 9.99. The predicted octanol–water partition coefficient (Wildman–Crippen LogP) is 1.73. The zero-order chi connectivity index (χ0) is 12.0. The highest BCUT2D eigenvalue weighted by atomic mass is 16.2. The predicted molar refractivity (Wildman–Crippen MR) is 62.6 cm³/mol. The maximum atomic E-state index is 12.3. The van der Waals surface area contributed by atoms with Gasteiger partial charge in [0, 0.05) is 18.7 Å². The lowest BCUT2D eigenvalue weighted by molar-refractivity contribution is 0.0675. The van der Waals surface area contributed by atoms with Gasteiger partial charge in [0.2, 0.25) is 0 Å². The number of carbonyl (C=O) groups is 2. The van der Waals surface area contributed by atoms with Gasteiger partial charge < -0.3 is 4.90 Å². The molecule has 88 valence electrons. The molecule has 4 heteroatoms. The average Bonchev–Trinajstić information content (AvgIpc) is 2.83. The van der Waals surface area contributed by atoms with Gasteiger partial charge in [0.15, 0.2) is 0 Å². The molecule has 1 atom stereocenters. The van der Waals surface area contributed by atoms with Gasteiger partial charge in [0.1, 0.15) is 0 Å². The molecule has 4 nitrogen and oxygen atoms in total. The molecule has 2 bridgehead atoms. The van der Waals surface area contributed by atoms with Crippen LogP contribution < -0.4 is 0 Å². The molecule has 0 radical (unpaired) electrons. The molecule has 2 aliphatic heterocycles. The van der Waals surface area contributed by atoms with E-state index >= 15 is 0 Å². The summed E-state index contributed by atoms with van der Waals surface area (Å²) in [6.45, 7) is 3.43. The number of imide groups is 1. The fraction of sp³-hybridized carbons (Fsp3) is 0.385. The van der Waals surface area contributed by atoms with Gasteiger partial charge in [-0.15, -0.1) is 0 Å². The molecule has 2 heterocycles. The molecule has 0 aliphatic carbocycles. The molecule has 0 aromatic heterocycles. The number of nitrogens with zero attached hydrogens (tertiary/aromatic N) is 2. The maximum Gasteiger partial charge on any atom is 0.327 e. The molecule has 0 spiro atoms. The fourth-order valence-corrected chi connectivity index (χ4v) is 2.71. The summed E-state index contributed by atoms with van der Waals surface area (Å²) in [6.07, 6.45) is 0.872. The first kappa shape index (κ1) is 10.3.